The zero-order chi connectivity index (χ0) is 13.3. The summed E-state index contributed by atoms with van der Waals surface area (Å²) in [6, 6.07) is 5.91. The molecule has 0 bridgehead atoms. The molecule has 0 fully saturated rings. The average molecular weight is 244 g/mol. The van der Waals surface area contributed by atoms with Crippen LogP contribution in [0.25, 0.3) is 5.69 Å². The fourth-order valence-corrected chi connectivity index (χ4v) is 2.03. The zero-order valence-electron chi connectivity index (χ0n) is 11.0. The number of para-hydroxylation sites is 1. The average Bonchev–Trinajstić information content (AvgIpc) is 2.31. The highest BCUT2D eigenvalue weighted by atomic mass is 16.1. The van der Waals surface area contributed by atoms with Gasteiger partial charge in [0, 0.05) is 7.05 Å². The van der Waals surface area contributed by atoms with E-state index < -0.39 is 0 Å². The molecule has 0 spiro atoms. The number of anilines is 1. The van der Waals surface area contributed by atoms with Crippen LogP contribution >= 0.6 is 0 Å². The van der Waals surface area contributed by atoms with Gasteiger partial charge in [0.2, 0.25) is 5.95 Å². The lowest BCUT2D eigenvalue weighted by Gasteiger charge is -2.14. The monoisotopic (exact) mass is 244 g/mol. The van der Waals surface area contributed by atoms with E-state index in [1.165, 1.54) is 0 Å². The highest BCUT2D eigenvalue weighted by Gasteiger charge is 2.12. The molecule has 0 radical (unpaired) electrons. The Morgan fingerprint density at radius 3 is 2.22 bits per heavy atom. The summed E-state index contributed by atoms with van der Waals surface area (Å²) in [6.07, 6.45) is 0. The third kappa shape index (κ3) is 1.99. The molecule has 5 heteroatoms. The second-order valence-electron chi connectivity index (χ2n) is 4.20. The lowest BCUT2D eigenvalue weighted by molar-refractivity contribution is 0.804. The molecule has 0 amide bonds. The van der Waals surface area contributed by atoms with Crippen LogP contribution in [0.1, 0.15) is 17.0 Å². The normalized spacial score (nSPS) is 10.4. The standard InChI is InChI=1S/C13H16N4O/c1-8-6-5-7-9(2)11(8)17-10(3)15-12(14-4)16-13(17)18/h5-7H,1-4H3,(H,14,16,18). The molecule has 0 aliphatic heterocycles. The lowest BCUT2D eigenvalue weighted by Crippen LogP contribution is -2.27. The molecule has 0 aliphatic rings. The molecule has 0 unspecified atom stereocenters. The van der Waals surface area contributed by atoms with Gasteiger partial charge in [-0.1, -0.05) is 18.2 Å². The van der Waals surface area contributed by atoms with Gasteiger partial charge in [0.15, 0.2) is 0 Å². The van der Waals surface area contributed by atoms with Crippen molar-refractivity contribution >= 4 is 5.95 Å². The third-order valence-corrected chi connectivity index (χ3v) is 2.87. The molecule has 2 aromatic rings. The first kappa shape index (κ1) is 12.3. The second-order valence-corrected chi connectivity index (χ2v) is 4.20. The molecule has 0 saturated heterocycles. The summed E-state index contributed by atoms with van der Waals surface area (Å²) in [5.41, 5.74) is 2.61. The highest BCUT2D eigenvalue weighted by Crippen LogP contribution is 2.17. The fraction of sp³-hybridized carbons (Fsp3) is 0.308. The van der Waals surface area contributed by atoms with Gasteiger partial charge in [-0.3, -0.25) is 0 Å². The highest BCUT2D eigenvalue weighted by molar-refractivity contribution is 5.47. The summed E-state index contributed by atoms with van der Waals surface area (Å²) in [7, 11) is 1.69. The molecule has 0 saturated carbocycles. The number of nitrogens with zero attached hydrogens (tertiary/aromatic N) is 3. The van der Waals surface area contributed by atoms with Crippen LogP contribution in [0.4, 0.5) is 5.95 Å². The maximum Gasteiger partial charge on any atom is 0.356 e. The summed E-state index contributed by atoms with van der Waals surface area (Å²) in [5.74, 6) is 0.969. The lowest BCUT2D eigenvalue weighted by atomic mass is 10.1. The Labute approximate surface area is 106 Å². The maximum absolute atomic E-state index is 12.1. The Hall–Kier alpha value is -2.17. The molecule has 1 aromatic heterocycles. The van der Waals surface area contributed by atoms with E-state index in [0.29, 0.717) is 11.8 Å². The molecule has 1 N–H and O–H groups in total. The van der Waals surface area contributed by atoms with Crippen molar-refractivity contribution in [3.8, 4) is 5.69 Å². The topological polar surface area (TPSA) is 59.8 Å². The van der Waals surface area contributed by atoms with Crippen molar-refractivity contribution in [2.75, 3.05) is 12.4 Å². The molecule has 1 heterocycles. The first-order valence-corrected chi connectivity index (χ1v) is 5.76. The largest absolute Gasteiger partial charge is 0.357 e. The second kappa shape index (κ2) is 4.60. The van der Waals surface area contributed by atoms with Crippen LogP contribution in [0.15, 0.2) is 23.0 Å². The SMILES string of the molecule is CNc1nc(C)n(-c2c(C)cccc2C)c(=O)n1. The minimum Gasteiger partial charge on any atom is -0.357 e. The van der Waals surface area contributed by atoms with Gasteiger partial charge in [0.1, 0.15) is 5.82 Å². The van der Waals surface area contributed by atoms with Gasteiger partial charge in [-0.25, -0.2) is 9.36 Å². The summed E-state index contributed by atoms with van der Waals surface area (Å²) in [5, 5.41) is 2.78. The van der Waals surface area contributed by atoms with Crippen molar-refractivity contribution in [2.24, 2.45) is 0 Å². The van der Waals surface area contributed by atoms with Gasteiger partial charge >= 0.3 is 5.69 Å². The fourth-order valence-electron chi connectivity index (χ4n) is 2.03. The van der Waals surface area contributed by atoms with Crippen molar-refractivity contribution in [1.82, 2.24) is 14.5 Å². The first-order chi connectivity index (χ1) is 8.54. The molecular formula is C13H16N4O. The van der Waals surface area contributed by atoms with E-state index in [2.05, 4.69) is 15.3 Å². The predicted octanol–water partition coefficient (Wildman–Crippen LogP) is 1.59. The van der Waals surface area contributed by atoms with Crippen molar-refractivity contribution in [3.05, 3.63) is 45.6 Å². The number of benzene rings is 1. The quantitative estimate of drug-likeness (QED) is 0.871. The van der Waals surface area contributed by atoms with Gasteiger partial charge < -0.3 is 5.32 Å². The number of nitrogens with one attached hydrogen (secondary N) is 1. The van der Waals surface area contributed by atoms with Gasteiger partial charge in [0.05, 0.1) is 5.69 Å². The molecular weight excluding hydrogens is 228 g/mol. The van der Waals surface area contributed by atoms with E-state index in [9.17, 15) is 4.79 Å². The van der Waals surface area contributed by atoms with E-state index in [-0.39, 0.29) is 5.69 Å². The number of hydrogen-bond acceptors (Lipinski definition) is 4. The predicted molar refractivity (Wildman–Crippen MR) is 71.4 cm³/mol. The van der Waals surface area contributed by atoms with E-state index in [0.717, 1.165) is 16.8 Å². The van der Waals surface area contributed by atoms with Gasteiger partial charge in [-0.05, 0) is 31.9 Å². The number of aromatic nitrogens is 3. The van der Waals surface area contributed by atoms with E-state index in [4.69, 9.17) is 0 Å². The Morgan fingerprint density at radius 2 is 1.72 bits per heavy atom. The van der Waals surface area contributed by atoms with Crippen LogP contribution in [0.5, 0.6) is 0 Å². The summed E-state index contributed by atoms with van der Waals surface area (Å²) < 4.78 is 1.55. The van der Waals surface area contributed by atoms with Gasteiger partial charge in [-0.15, -0.1) is 0 Å². The minimum absolute atomic E-state index is 0.316. The van der Waals surface area contributed by atoms with Crippen LogP contribution in [0.3, 0.4) is 0 Å². The molecule has 18 heavy (non-hydrogen) atoms. The Morgan fingerprint density at radius 1 is 1.11 bits per heavy atom. The summed E-state index contributed by atoms with van der Waals surface area (Å²) in [6.45, 7) is 5.75. The van der Waals surface area contributed by atoms with Crippen LogP contribution < -0.4 is 11.0 Å². The van der Waals surface area contributed by atoms with Gasteiger partial charge in [-0.2, -0.15) is 9.97 Å². The Kier molecular flexibility index (Phi) is 3.14. The van der Waals surface area contributed by atoms with Crippen LogP contribution in [0.2, 0.25) is 0 Å². The van der Waals surface area contributed by atoms with Crippen molar-refractivity contribution in [2.45, 2.75) is 20.8 Å². The molecule has 2 rings (SSSR count). The van der Waals surface area contributed by atoms with Gasteiger partial charge in [0.25, 0.3) is 0 Å². The van der Waals surface area contributed by atoms with E-state index in [1.807, 2.05) is 32.0 Å². The van der Waals surface area contributed by atoms with Crippen LogP contribution in [-0.4, -0.2) is 21.6 Å². The third-order valence-electron chi connectivity index (χ3n) is 2.87. The number of hydrogen-bond donors (Lipinski definition) is 1. The van der Waals surface area contributed by atoms with Crippen molar-refractivity contribution < 1.29 is 0 Å². The first-order valence-electron chi connectivity index (χ1n) is 5.76. The van der Waals surface area contributed by atoms with E-state index in [1.54, 1.807) is 18.5 Å². The Balaban J connectivity index is 2.76. The maximum atomic E-state index is 12.1. The molecule has 1 aromatic carbocycles. The summed E-state index contributed by atoms with van der Waals surface area (Å²) >= 11 is 0. The summed E-state index contributed by atoms with van der Waals surface area (Å²) in [4.78, 5) is 20.2. The molecule has 5 nitrogen and oxygen atoms in total. The number of rotatable bonds is 2. The molecule has 94 valence electrons. The molecule has 0 aliphatic carbocycles. The molecule has 0 atom stereocenters. The number of aryl methyl sites for hydroxylation is 3. The van der Waals surface area contributed by atoms with Crippen molar-refractivity contribution in [3.63, 3.8) is 0 Å². The van der Waals surface area contributed by atoms with Crippen molar-refractivity contribution in [1.29, 1.82) is 0 Å². The Bertz CT molecular complexity index is 626. The minimum atomic E-state index is -0.316. The van der Waals surface area contributed by atoms with Crippen LogP contribution in [0, 0.1) is 20.8 Å². The smallest absolute Gasteiger partial charge is 0.356 e. The van der Waals surface area contributed by atoms with Crippen LogP contribution in [-0.2, 0) is 0 Å². The van der Waals surface area contributed by atoms with E-state index >= 15 is 0 Å². The zero-order valence-corrected chi connectivity index (χ0v) is 11.0.